The molecule has 1 saturated carbocycles. The van der Waals surface area contributed by atoms with Crippen LogP contribution in [0, 0.1) is 11.7 Å². The minimum Gasteiger partial charge on any atom is -0.489 e. The SMILES string of the molecule is CC(OC(N)=O)c1oc(-c2ccc(OC(F)F)c(OCC3CC3)c2)nc1C(=O)NCc1ccccc1F. The number of hydrogen-bond donors (Lipinski definition) is 2. The molecule has 0 radical (unpaired) electrons. The van der Waals surface area contributed by atoms with Gasteiger partial charge in [-0.25, -0.2) is 14.2 Å². The van der Waals surface area contributed by atoms with Crippen LogP contribution >= 0.6 is 0 Å². The largest absolute Gasteiger partial charge is 0.489 e. The Morgan fingerprint density at radius 2 is 1.95 bits per heavy atom. The second-order valence-corrected chi connectivity index (χ2v) is 8.38. The van der Waals surface area contributed by atoms with Crippen LogP contribution < -0.4 is 20.5 Å². The van der Waals surface area contributed by atoms with E-state index in [-0.39, 0.29) is 46.5 Å². The van der Waals surface area contributed by atoms with Crippen LogP contribution in [0.5, 0.6) is 11.5 Å². The topological polar surface area (TPSA) is 126 Å². The molecule has 3 aromatic rings. The number of amides is 2. The molecular weight excluding hydrogens is 495 g/mol. The maximum atomic E-state index is 14.0. The van der Waals surface area contributed by atoms with Gasteiger partial charge in [0.1, 0.15) is 5.82 Å². The number of ether oxygens (including phenoxy) is 3. The number of carbonyl (C=O) groups is 2. The Balaban J connectivity index is 1.64. The molecule has 2 amide bonds. The van der Waals surface area contributed by atoms with Gasteiger partial charge in [-0.1, -0.05) is 18.2 Å². The Morgan fingerprint density at radius 1 is 1.19 bits per heavy atom. The molecule has 0 aliphatic heterocycles. The lowest BCUT2D eigenvalue weighted by Crippen LogP contribution is -2.25. The molecule has 0 saturated heterocycles. The van der Waals surface area contributed by atoms with Crippen molar-refractivity contribution in [1.29, 1.82) is 0 Å². The molecule has 9 nitrogen and oxygen atoms in total. The van der Waals surface area contributed by atoms with Crippen molar-refractivity contribution < 1.29 is 41.4 Å². The normalized spacial score (nSPS) is 13.8. The van der Waals surface area contributed by atoms with E-state index in [0.29, 0.717) is 12.5 Å². The van der Waals surface area contributed by atoms with Crippen LogP contribution in [0.15, 0.2) is 46.9 Å². The Morgan fingerprint density at radius 3 is 2.62 bits per heavy atom. The number of aromatic nitrogens is 1. The number of primary amides is 1. The van der Waals surface area contributed by atoms with Gasteiger partial charge in [0, 0.05) is 17.7 Å². The summed E-state index contributed by atoms with van der Waals surface area (Å²) in [6, 6.07) is 9.98. The number of carbonyl (C=O) groups excluding carboxylic acids is 2. The highest BCUT2D eigenvalue weighted by Crippen LogP contribution is 2.37. The average molecular weight is 519 g/mol. The van der Waals surface area contributed by atoms with Crippen molar-refractivity contribution in [3.8, 4) is 23.0 Å². The van der Waals surface area contributed by atoms with Crippen molar-refractivity contribution in [2.24, 2.45) is 11.7 Å². The van der Waals surface area contributed by atoms with Crippen molar-refractivity contribution in [2.45, 2.75) is 39.0 Å². The maximum absolute atomic E-state index is 14.0. The number of alkyl halides is 2. The van der Waals surface area contributed by atoms with E-state index in [1.165, 1.54) is 43.3 Å². The van der Waals surface area contributed by atoms with E-state index in [1.807, 2.05) is 0 Å². The lowest BCUT2D eigenvalue weighted by Gasteiger charge is -2.13. The number of halogens is 3. The van der Waals surface area contributed by atoms with Crippen molar-refractivity contribution in [1.82, 2.24) is 10.3 Å². The number of rotatable bonds is 11. The minimum atomic E-state index is -3.06. The highest BCUT2D eigenvalue weighted by Gasteiger charge is 2.28. The smallest absolute Gasteiger partial charge is 0.405 e. The molecule has 196 valence electrons. The fourth-order valence-electron chi connectivity index (χ4n) is 3.46. The van der Waals surface area contributed by atoms with E-state index in [9.17, 15) is 22.8 Å². The standard InChI is InChI=1S/C25H24F3N3O6/c1-13(35-25(29)33)21-20(22(32)30-11-16-4-2-3-5-17(16)26)31-23(37-21)15-8-9-18(36-24(27)28)19(10-15)34-12-14-6-7-14/h2-5,8-10,13-14,24H,6-7,11-12H2,1H3,(H2,29,33)(H,30,32). The maximum Gasteiger partial charge on any atom is 0.405 e. The summed E-state index contributed by atoms with van der Waals surface area (Å²) in [5.41, 5.74) is 5.41. The van der Waals surface area contributed by atoms with E-state index < -0.39 is 30.5 Å². The summed E-state index contributed by atoms with van der Waals surface area (Å²) in [6.07, 6.45) is -0.235. The number of nitrogens with one attached hydrogen (secondary N) is 1. The van der Waals surface area contributed by atoms with E-state index in [2.05, 4.69) is 15.0 Å². The predicted molar refractivity (Wildman–Crippen MR) is 123 cm³/mol. The van der Waals surface area contributed by atoms with Crippen molar-refractivity contribution in [2.75, 3.05) is 6.61 Å². The Bertz CT molecular complexity index is 1280. The van der Waals surface area contributed by atoms with Gasteiger partial charge in [0.25, 0.3) is 5.91 Å². The molecule has 1 aliphatic rings. The molecule has 1 heterocycles. The van der Waals surface area contributed by atoms with Gasteiger partial charge in [0.15, 0.2) is 29.1 Å². The number of oxazole rings is 1. The third-order valence-corrected chi connectivity index (χ3v) is 5.51. The molecule has 2 aromatic carbocycles. The summed E-state index contributed by atoms with van der Waals surface area (Å²) in [6.45, 7) is -1.45. The van der Waals surface area contributed by atoms with Crippen LogP contribution in [-0.2, 0) is 11.3 Å². The summed E-state index contributed by atoms with van der Waals surface area (Å²) in [7, 11) is 0. The summed E-state index contributed by atoms with van der Waals surface area (Å²) >= 11 is 0. The first kappa shape index (κ1) is 25.9. The quantitative estimate of drug-likeness (QED) is 0.367. The molecule has 1 aromatic heterocycles. The molecule has 1 atom stereocenters. The van der Waals surface area contributed by atoms with Crippen LogP contribution in [0.2, 0.25) is 0 Å². The second-order valence-electron chi connectivity index (χ2n) is 8.38. The fourth-order valence-corrected chi connectivity index (χ4v) is 3.46. The van der Waals surface area contributed by atoms with Crippen LogP contribution in [0.25, 0.3) is 11.5 Å². The first-order valence-electron chi connectivity index (χ1n) is 11.4. The van der Waals surface area contributed by atoms with Gasteiger partial charge in [0.2, 0.25) is 5.89 Å². The van der Waals surface area contributed by atoms with E-state index in [0.717, 1.165) is 12.8 Å². The number of nitrogens with two attached hydrogens (primary N) is 1. The van der Waals surface area contributed by atoms with Crippen LogP contribution in [-0.4, -0.2) is 30.2 Å². The highest BCUT2D eigenvalue weighted by molar-refractivity contribution is 5.94. The molecule has 3 N–H and O–H groups in total. The summed E-state index contributed by atoms with van der Waals surface area (Å²) in [4.78, 5) is 28.5. The fraction of sp³-hybridized carbons (Fsp3) is 0.320. The second kappa shape index (κ2) is 11.2. The van der Waals surface area contributed by atoms with Gasteiger partial charge in [0.05, 0.1) is 6.61 Å². The van der Waals surface area contributed by atoms with Crippen molar-refractivity contribution in [3.05, 3.63) is 65.3 Å². The van der Waals surface area contributed by atoms with Crippen molar-refractivity contribution in [3.63, 3.8) is 0 Å². The molecule has 1 unspecified atom stereocenters. The molecule has 4 rings (SSSR count). The lowest BCUT2D eigenvalue weighted by atomic mass is 10.2. The summed E-state index contributed by atoms with van der Waals surface area (Å²) in [5, 5.41) is 2.55. The molecule has 12 heteroatoms. The van der Waals surface area contributed by atoms with Gasteiger partial charge in [-0.2, -0.15) is 8.78 Å². The van der Waals surface area contributed by atoms with Gasteiger partial charge < -0.3 is 29.7 Å². The Labute approximate surface area is 209 Å². The predicted octanol–water partition coefficient (Wildman–Crippen LogP) is 4.96. The third kappa shape index (κ3) is 6.72. The first-order chi connectivity index (χ1) is 17.7. The summed E-state index contributed by atoms with van der Waals surface area (Å²) in [5.74, 6) is -1.20. The third-order valence-electron chi connectivity index (χ3n) is 5.51. The molecule has 1 fully saturated rings. The minimum absolute atomic E-state index is 0.0523. The molecule has 37 heavy (non-hydrogen) atoms. The molecular formula is C25H24F3N3O6. The average Bonchev–Trinajstić information content (AvgIpc) is 3.57. The summed E-state index contributed by atoms with van der Waals surface area (Å²) < 4.78 is 60.6. The zero-order valence-electron chi connectivity index (χ0n) is 19.7. The Hall–Kier alpha value is -4.22. The number of nitrogens with zero attached hydrogens (tertiary/aromatic N) is 1. The van der Waals surface area contributed by atoms with Gasteiger partial charge in [-0.05, 0) is 49.9 Å². The number of benzene rings is 2. The first-order valence-corrected chi connectivity index (χ1v) is 11.4. The van der Waals surface area contributed by atoms with Gasteiger partial charge in [-0.15, -0.1) is 0 Å². The lowest BCUT2D eigenvalue weighted by molar-refractivity contribution is -0.0515. The molecule has 0 bridgehead atoms. The van der Waals surface area contributed by atoms with Gasteiger partial charge in [-0.3, -0.25) is 4.79 Å². The van der Waals surface area contributed by atoms with Crippen LogP contribution in [0.1, 0.15) is 47.7 Å². The molecule has 0 spiro atoms. The van der Waals surface area contributed by atoms with Crippen molar-refractivity contribution >= 4 is 12.0 Å². The molecule has 1 aliphatic carbocycles. The van der Waals surface area contributed by atoms with E-state index in [1.54, 1.807) is 6.07 Å². The van der Waals surface area contributed by atoms with E-state index in [4.69, 9.17) is 19.6 Å². The van der Waals surface area contributed by atoms with Gasteiger partial charge >= 0.3 is 12.7 Å². The Kier molecular flexibility index (Phi) is 7.85. The zero-order valence-corrected chi connectivity index (χ0v) is 19.7. The van der Waals surface area contributed by atoms with E-state index >= 15 is 0 Å². The van der Waals surface area contributed by atoms with Crippen LogP contribution in [0.4, 0.5) is 18.0 Å². The monoisotopic (exact) mass is 519 g/mol. The number of hydrogen-bond acceptors (Lipinski definition) is 7. The van der Waals surface area contributed by atoms with Crippen LogP contribution in [0.3, 0.4) is 0 Å². The highest BCUT2D eigenvalue weighted by atomic mass is 19.3. The zero-order chi connectivity index (χ0) is 26.5.